The van der Waals surface area contributed by atoms with E-state index in [0.29, 0.717) is 23.5 Å². The average Bonchev–Trinajstić information content (AvgIpc) is 2.72. The summed E-state index contributed by atoms with van der Waals surface area (Å²) in [5.41, 5.74) is 1.62. The minimum atomic E-state index is -3.40. The lowest BCUT2D eigenvalue weighted by Gasteiger charge is -2.18. The second-order valence-electron chi connectivity index (χ2n) is 4.10. The minimum Gasteiger partial charge on any atom is -0.334 e. The molecule has 0 radical (unpaired) electrons. The third-order valence-electron chi connectivity index (χ3n) is 3.04. The molecule has 0 aliphatic carbocycles. The molecule has 0 saturated carbocycles. The van der Waals surface area contributed by atoms with Crippen LogP contribution in [0.4, 0.5) is 0 Å². The third kappa shape index (κ3) is 2.02. The molecule has 98 valence electrons. The molecule has 0 unspecified atom stereocenters. The highest BCUT2D eigenvalue weighted by Gasteiger charge is 2.22. The second-order valence-corrected chi connectivity index (χ2v) is 6.03. The molecule has 0 spiro atoms. The number of hydrogen-bond donors (Lipinski definition) is 0. The predicted molar refractivity (Wildman–Crippen MR) is 70.8 cm³/mol. The molecule has 2 aromatic rings. The Morgan fingerprint density at radius 2 is 1.94 bits per heavy atom. The Kier molecular flexibility index (Phi) is 3.41. The molecule has 18 heavy (non-hydrogen) atoms. The quantitative estimate of drug-likeness (QED) is 0.845. The van der Waals surface area contributed by atoms with Crippen LogP contribution >= 0.6 is 0 Å². The van der Waals surface area contributed by atoms with E-state index in [1.807, 2.05) is 25.5 Å². The molecule has 0 bridgehead atoms. The molecular formula is C12H17N3O2S. The summed E-state index contributed by atoms with van der Waals surface area (Å²) >= 11 is 0. The van der Waals surface area contributed by atoms with Crippen LogP contribution in [0, 0.1) is 0 Å². The minimum absolute atomic E-state index is 0.303. The molecule has 0 amide bonds. The van der Waals surface area contributed by atoms with E-state index in [-0.39, 0.29) is 0 Å². The van der Waals surface area contributed by atoms with Gasteiger partial charge in [0.25, 0.3) is 0 Å². The van der Waals surface area contributed by atoms with Crippen molar-refractivity contribution in [3.8, 4) is 0 Å². The molecule has 0 saturated heterocycles. The Morgan fingerprint density at radius 3 is 2.56 bits per heavy atom. The van der Waals surface area contributed by atoms with Crippen molar-refractivity contribution < 1.29 is 8.42 Å². The lowest BCUT2D eigenvalue weighted by molar-refractivity contribution is 0.445. The summed E-state index contributed by atoms with van der Waals surface area (Å²) in [5, 5.41) is 0. The Labute approximate surface area is 107 Å². The SMILES string of the molecule is CCN(CC)S(=O)(=O)c1ccc2c(c1)ncn2C. The maximum Gasteiger partial charge on any atom is 0.243 e. The summed E-state index contributed by atoms with van der Waals surface area (Å²) in [6.45, 7) is 4.61. The van der Waals surface area contributed by atoms with Crippen molar-refractivity contribution in [3.63, 3.8) is 0 Å². The van der Waals surface area contributed by atoms with Gasteiger partial charge >= 0.3 is 0 Å². The first-order chi connectivity index (χ1) is 8.50. The molecule has 0 N–H and O–H groups in total. The summed E-state index contributed by atoms with van der Waals surface area (Å²) in [6, 6.07) is 5.05. The molecule has 0 aliphatic heterocycles. The third-order valence-corrected chi connectivity index (χ3v) is 5.09. The molecule has 2 rings (SSSR count). The fourth-order valence-electron chi connectivity index (χ4n) is 1.99. The van der Waals surface area contributed by atoms with Crippen molar-refractivity contribution in [3.05, 3.63) is 24.5 Å². The van der Waals surface area contributed by atoms with Crippen molar-refractivity contribution in [2.24, 2.45) is 7.05 Å². The van der Waals surface area contributed by atoms with Crippen LogP contribution < -0.4 is 0 Å². The molecule has 1 aromatic carbocycles. The Balaban J connectivity index is 2.54. The highest BCUT2D eigenvalue weighted by Crippen LogP contribution is 2.20. The van der Waals surface area contributed by atoms with Gasteiger partial charge in [0.2, 0.25) is 10.0 Å². The van der Waals surface area contributed by atoms with Gasteiger partial charge in [-0.25, -0.2) is 13.4 Å². The number of benzene rings is 1. The van der Waals surface area contributed by atoms with Crippen LogP contribution in [0.2, 0.25) is 0 Å². The van der Waals surface area contributed by atoms with E-state index in [2.05, 4.69) is 4.98 Å². The first-order valence-corrected chi connectivity index (χ1v) is 7.36. The average molecular weight is 267 g/mol. The van der Waals surface area contributed by atoms with E-state index in [9.17, 15) is 8.42 Å². The number of hydrogen-bond acceptors (Lipinski definition) is 3. The maximum absolute atomic E-state index is 12.3. The first kappa shape index (κ1) is 13.0. The van der Waals surface area contributed by atoms with Crippen LogP contribution in [0.1, 0.15) is 13.8 Å². The highest BCUT2D eigenvalue weighted by molar-refractivity contribution is 7.89. The van der Waals surface area contributed by atoms with Gasteiger partial charge in [-0.15, -0.1) is 0 Å². The lowest BCUT2D eigenvalue weighted by atomic mass is 10.3. The zero-order valence-electron chi connectivity index (χ0n) is 10.8. The zero-order valence-corrected chi connectivity index (χ0v) is 11.6. The summed E-state index contributed by atoms with van der Waals surface area (Å²) in [5.74, 6) is 0. The van der Waals surface area contributed by atoms with Crippen molar-refractivity contribution in [1.29, 1.82) is 0 Å². The molecule has 0 fully saturated rings. The second kappa shape index (κ2) is 4.70. The monoisotopic (exact) mass is 267 g/mol. The molecule has 1 heterocycles. The fraction of sp³-hybridized carbons (Fsp3) is 0.417. The Morgan fingerprint density at radius 1 is 1.28 bits per heavy atom. The van der Waals surface area contributed by atoms with E-state index in [0.717, 1.165) is 5.52 Å². The predicted octanol–water partition coefficient (Wildman–Crippen LogP) is 1.60. The number of sulfonamides is 1. The van der Waals surface area contributed by atoms with Crippen LogP contribution in [0.15, 0.2) is 29.4 Å². The van der Waals surface area contributed by atoms with Gasteiger partial charge < -0.3 is 4.57 Å². The molecule has 1 aromatic heterocycles. The van der Waals surface area contributed by atoms with Crippen LogP contribution in [0.3, 0.4) is 0 Å². The van der Waals surface area contributed by atoms with Crippen LogP contribution in [0.25, 0.3) is 11.0 Å². The summed E-state index contributed by atoms with van der Waals surface area (Å²) in [4.78, 5) is 4.49. The van der Waals surface area contributed by atoms with Crippen molar-refractivity contribution in [1.82, 2.24) is 13.9 Å². The lowest BCUT2D eigenvalue weighted by Crippen LogP contribution is -2.30. The Bertz CT molecular complexity index is 657. The normalized spacial score (nSPS) is 12.4. The number of nitrogens with zero attached hydrogens (tertiary/aromatic N) is 3. The smallest absolute Gasteiger partial charge is 0.243 e. The molecular weight excluding hydrogens is 250 g/mol. The highest BCUT2D eigenvalue weighted by atomic mass is 32.2. The van der Waals surface area contributed by atoms with Gasteiger partial charge in [-0.3, -0.25) is 0 Å². The number of fused-ring (bicyclic) bond motifs is 1. The standard InChI is InChI=1S/C12H17N3O2S/c1-4-15(5-2)18(16,17)10-6-7-12-11(8-10)13-9-14(12)3/h6-9H,4-5H2,1-3H3. The van der Waals surface area contributed by atoms with Crippen LogP contribution in [0.5, 0.6) is 0 Å². The van der Waals surface area contributed by atoms with Crippen molar-refractivity contribution in [2.45, 2.75) is 18.7 Å². The van der Waals surface area contributed by atoms with Gasteiger partial charge in [-0.1, -0.05) is 13.8 Å². The Hall–Kier alpha value is -1.40. The van der Waals surface area contributed by atoms with E-state index < -0.39 is 10.0 Å². The molecule has 0 atom stereocenters. The van der Waals surface area contributed by atoms with E-state index in [4.69, 9.17) is 0 Å². The van der Waals surface area contributed by atoms with Crippen LogP contribution in [-0.4, -0.2) is 35.4 Å². The summed E-state index contributed by atoms with van der Waals surface area (Å²) in [6.07, 6.45) is 1.68. The van der Waals surface area contributed by atoms with Gasteiger partial charge in [0, 0.05) is 20.1 Å². The molecule has 6 heteroatoms. The molecule has 0 aliphatic rings. The van der Waals surface area contributed by atoms with Gasteiger partial charge in [-0.05, 0) is 18.2 Å². The number of rotatable bonds is 4. The number of imidazole rings is 1. The zero-order chi connectivity index (χ0) is 13.3. The summed E-state index contributed by atoms with van der Waals surface area (Å²) in [7, 11) is -1.52. The topological polar surface area (TPSA) is 55.2 Å². The fourth-order valence-corrected chi connectivity index (χ4v) is 3.47. The first-order valence-electron chi connectivity index (χ1n) is 5.92. The number of aryl methyl sites for hydroxylation is 1. The van der Waals surface area contributed by atoms with E-state index in [1.54, 1.807) is 24.5 Å². The largest absolute Gasteiger partial charge is 0.334 e. The van der Waals surface area contributed by atoms with E-state index >= 15 is 0 Å². The van der Waals surface area contributed by atoms with Gasteiger partial charge in [0.1, 0.15) is 0 Å². The number of aromatic nitrogens is 2. The van der Waals surface area contributed by atoms with Crippen LogP contribution in [-0.2, 0) is 17.1 Å². The summed E-state index contributed by atoms with van der Waals surface area (Å²) < 4.78 is 28.0. The van der Waals surface area contributed by atoms with Gasteiger partial charge in [0.05, 0.1) is 22.3 Å². The van der Waals surface area contributed by atoms with Gasteiger partial charge in [-0.2, -0.15) is 4.31 Å². The molecule has 5 nitrogen and oxygen atoms in total. The van der Waals surface area contributed by atoms with Crippen molar-refractivity contribution in [2.75, 3.05) is 13.1 Å². The van der Waals surface area contributed by atoms with Gasteiger partial charge in [0.15, 0.2) is 0 Å². The van der Waals surface area contributed by atoms with E-state index in [1.165, 1.54) is 4.31 Å². The van der Waals surface area contributed by atoms with Crippen molar-refractivity contribution >= 4 is 21.1 Å². The maximum atomic E-state index is 12.3.